The van der Waals surface area contributed by atoms with Gasteiger partial charge in [-0.05, 0) is 0 Å². The Hall–Kier alpha value is -2.09. The van der Waals surface area contributed by atoms with Gasteiger partial charge in [0.15, 0.2) is 0 Å². The first kappa shape index (κ1) is 14.8. The van der Waals surface area contributed by atoms with Crippen LogP contribution in [-0.4, -0.2) is 66.4 Å². The smallest absolute Gasteiger partial charge is 0.314 e. The molecule has 2 amide bonds. The number of urea groups is 1. The molecule has 3 rings (SSSR count). The standard InChI is InChI=1S/C14H21N5O3/c15-14(20)19-5-3-18(4-6-19)12-9-13(17-10-16-12)22-11-1-7-21-8-2-11/h9-11H,1-8H2,(H2,15,20). The van der Waals surface area contributed by atoms with E-state index >= 15 is 0 Å². The highest BCUT2D eigenvalue weighted by Gasteiger charge is 2.21. The molecule has 0 aliphatic carbocycles. The van der Waals surface area contributed by atoms with Crippen molar-refractivity contribution in [2.75, 3.05) is 44.3 Å². The minimum Gasteiger partial charge on any atom is -0.474 e. The van der Waals surface area contributed by atoms with Crippen LogP contribution < -0.4 is 15.4 Å². The quantitative estimate of drug-likeness (QED) is 0.859. The Kier molecular flexibility index (Phi) is 4.57. The number of carbonyl (C=O) groups excluding carboxylic acids is 1. The highest BCUT2D eigenvalue weighted by atomic mass is 16.5. The van der Waals surface area contributed by atoms with Crippen molar-refractivity contribution in [3.63, 3.8) is 0 Å². The second kappa shape index (κ2) is 6.78. The molecule has 0 bridgehead atoms. The topological polar surface area (TPSA) is 93.8 Å². The zero-order chi connectivity index (χ0) is 15.4. The zero-order valence-electron chi connectivity index (χ0n) is 12.5. The zero-order valence-corrected chi connectivity index (χ0v) is 12.5. The fourth-order valence-electron chi connectivity index (χ4n) is 2.69. The molecular weight excluding hydrogens is 286 g/mol. The number of primary amides is 1. The van der Waals surface area contributed by atoms with Crippen LogP contribution >= 0.6 is 0 Å². The summed E-state index contributed by atoms with van der Waals surface area (Å²) in [7, 11) is 0. The van der Waals surface area contributed by atoms with Gasteiger partial charge in [0.2, 0.25) is 5.88 Å². The number of hydrogen-bond acceptors (Lipinski definition) is 6. The van der Waals surface area contributed by atoms with Gasteiger partial charge in [0, 0.05) is 45.1 Å². The Morgan fingerprint density at radius 3 is 2.64 bits per heavy atom. The first-order valence-electron chi connectivity index (χ1n) is 7.58. The summed E-state index contributed by atoms with van der Waals surface area (Å²) in [5.74, 6) is 1.41. The van der Waals surface area contributed by atoms with Crippen LogP contribution in [0, 0.1) is 0 Å². The van der Waals surface area contributed by atoms with Crippen molar-refractivity contribution in [1.82, 2.24) is 14.9 Å². The summed E-state index contributed by atoms with van der Waals surface area (Å²) in [6, 6.07) is 1.49. The molecule has 8 heteroatoms. The van der Waals surface area contributed by atoms with E-state index in [0.29, 0.717) is 32.1 Å². The molecule has 22 heavy (non-hydrogen) atoms. The van der Waals surface area contributed by atoms with E-state index in [1.807, 2.05) is 6.07 Å². The number of nitrogens with two attached hydrogens (primary N) is 1. The number of anilines is 1. The van der Waals surface area contributed by atoms with Crippen LogP contribution in [0.25, 0.3) is 0 Å². The highest BCUT2D eigenvalue weighted by Crippen LogP contribution is 2.20. The third-order valence-electron chi connectivity index (χ3n) is 4.00. The maximum absolute atomic E-state index is 11.1. The molecule has 120 valence electrons. The van der Waals surface area contributed by atoms with Crippen molar-refractivity contribution in [1.29, 1.82) is 0 Å². The molecule has 0 aromatic carbocycles. The van der Waals surface area contributed by atoms with Gasteiger partial charge in [0.1, 0.15) is 18.2 Å². The fraction of sp³-hybridized carbons (Fsp3) is 0.643. The maximum atomic E-state index is 11.1. The summed E-state index contributed by atoms with van der Waals surface area (Å²) < 4.78 is 11.2. The van der Waals surface area contributed by atoms with Crippen molar-refractivity contribution in [2.24, 2.45) is 5.73 Å². The maximum Gasteiger partial charge on any atom is 0.314 e. The third-order valence-corrected chi connectivity index (χ3v) is 4.00. The normalized spacial score (nSPS) is 20.0. The first-order valence-corrected chi connectivity index (χ1v) is 7.58. The van der Waals surface area contributed by atoms with E-state index in [1.165, 1.54) is 6.33 Å². The number of amides is 2. The lowest BCUT2D eigenvalue weighted by Gasteiger charge is -2.34. The van der Waals surface area contributed by atoms with Gasteiger partial charge < -0.3 is 25.0 Å². The number of hydrogen-bond donors (Lipinski definition) is 1. The van der Waals surface area contributed by atoms with Gasteiger partial charge >= 0.3 is 6.03 Å². The second-order valence-corrected chi connectivity index (χ2v) is 5.46. The number of carbonyl (C=O) groups is 1. The van der Waals surface area contributed by atoms with Crippen LogP contribution in [0.2, 0.25) is 0 Å². The molecule has 3 heterocycles. The summed E-state index contributed by atoms with van der Waals surface area (Å²) in [4.78, 5) is 23.4. The van der Waals surface area contributed by atoms with Crippen LogP contribution in [0.5, 0.6) is 5.88 Å². The van der Waals surface area contributed by atoms with Gasteiger partial charge in [-0.25, -0.2) is 14.8 Å². The van der Waals surface area contributed by atoms with Gasteiger partial charge in [-0.1, -0.05) is 0 Å². The largest absolute Gasteiger partial charge is 0.474 e. The predicted molar refractivity (Wildman–Crippen MR) is 79.9 cm³/mol. The summed E-state index contributed by atoms with van der Waals surface area (Å²) in [6.07, 6.45) is 3.45. The number of rotatable bonds is 3. The molecule has 1 aromatic heterocycles. The van der Waals surface area contributed by atoms with E-state index in [0.717, 1.165) is 31.9 Å². The Bertz CT molecular complexity index is 513. The van der Waals surface area contributed by atoms with E-state index < -0.39 is 0 Å². The van der Waals surface area contributed by atoms with Gasteiger partial charge in [-0.15, -0.1) is 0 Å². The molecule has 0 saturated carbocycles. The Balaban J connectivity index is 1.60. The van der Waals surface area contributed by atoms with Crippen molar-refractivity contribution < 1.29 is 14.3 Å². The monoisotopic (exact) mass is 307 g/mol. The molecule has 2 aliphatic heterocycles. The second-order valence-electron chi connectivity index (χ2n) is 5.46. The van der Waals surface area contributed by atoms with E-state index in [9.17, 15) is 4.79 Å². The molecule has 2 fully saturated rings. The number of nitrogens with zero attached hydrogens (tertiary/aromatic N) is 4. The first-order chi connectivity index (χ1) is 10.7. The number of ether oxygens (including phenoxy) is 2. The van der Waals surface area contributed by atoms with Crippen molar-refractivity contribution in [3.05, 3.63) is 12.4 Å². The predicted octanol–water partition coefficient (Wildman–Crippen LogP) is 0.235. The number of piperazine rings is 1. The van der Waals surface area contributed by atoms with Crippen molar-refractivity contribution in [2.45, 2.75) is 18.9 Å². The third kappa shape index (κ3) is 3.56. The van der Waals surface area contributed by atoms with Crippen LogP contribution in [0.15, 0.2) is 12.4 Å². The molecule has 1 aromatic rings. The molecule has 8 nitrogen and oxygen atoms in total. The van der Waals surface area contributed by atoms with E-state index in [-0.39, 0.29) is 12.1 Å². The molecule has 0 radical (unpaired) electrons. The molecule has 2 saturated heterocycles. The van der Waals surface area contributed by atoms with E-state index in [4.69, 9.17) is 15.2 Å². The lowest BCUT2D eigenvalue weighted by molar-refractivity contribution is 0.0237. The molecule has 2 N–H and O–H groups in total. The Morgan fingerprint density at radius 1 is 1.23 bits per heavy atom. The van der Waals surface area contributed by atoms with Gasteiger partial charge in [0.05, 0.1) is 13.2 Å². The van der Waals surface area contributed by atoms with Crippen LogP contribution in [-0.2, 0) is 4.74 Å². The molecule has 0 unspecified atom stereocenters. The van der Waals surface area contributed by atoms with E-state index in [1.54, 1.807) is 4.90 Å². The average Bonchev–Trinajstić information content (AvgIpc) is 2.56. The molecule has 2 aliphatic rings. The average molecular weight is 307 g/mol. The van der Waals surface area contributed by atoms with Crippen molar-refractivity contribution in [3.8, 4) is 5.88 Å². The minimum atomic E-state index is -0.370. The fourth-order valence-corrected chi connectivity index (χ4v) is 2.69. The summed E-state index contributed by atoms with van der Waals surface area (Å²) in [5.41, 5.74) is 5.29. The minimum absolute atomic E-state index is 0.156. The van der Waals surface area contributed by atoms with E-state index in [2.05, 4.69) is 14.9 Å². The highest BCUT2D eigenvalue weighted by molar-refractivity contribution is 5.72. The molecule has 0 spiro atoms. The summed E-state index contributed by atoms with van der Waals surface area (Å²) >= 11 is 0. The molecular formula is C14H21N5O3. The van der Waals surface area contributed by atoms with Crippen LogP contribution in [0.3, 0.4) is 0 Å². The van der Waals surface area contributed by atoms with Gasteiger partial charge in [-0.3, -0.25) is 0 Å². The summed E-state index contributed by atoms with van der Waals surface area (Å²) in [5, 5.41) is 0. The SMILES string of the molecule is NC(=O)N1CCN(c2cc(OC3CCOCC3)ncn2)CC1. The van der Waals surface area contributed by atoms with Crippen molar-refractivity contribution >= 4 is 11.8 Å². The Labute approximate surface area is 129 Å². The number of aromatic nitrogens is 2. The lowest BCUT2D eigenvalue weighted by Crippen LogP contribution is -2.50. The lowest BCUT2D eigenvalue weighted by atomic mass is 10.1. The van der Waals surface area contributed by atoms with Crippen LogP contribution in [0.4, 0.5) is 10.6 Å². The molecule has 0 atom stereocenters. The van der Waals surface area contributed by atoms with Gasteiger partial charge in [0.25, 0.3) is 0 Å². The van der Waals surface area contributed by atoms with Crippen LogP contribution in [0.1, 0.15) is 12.8 Å². The summed E-state index contributed by atoms with van der Waals surface area (Å²) in [6.45, 7) is 4.09. The Morgan fingerprint density at radius 2 is 1.95 bits per heavy atom. The van der Waals surface area contributed by atoms with Gasteiger partial charge in [-0.2, -0.15) is 0 Å².